The quantitative estimate of drug-likeness (QED) is 0.658. The molecular formula is C18H21N5. The summed E-state index contributed by atoms with van der Waals surface area (Å²) >= 11 is 0. The van der Waals surface area contributed by atoms with Crippen molar-refractivity contribution in [2.75, 3.05) is 12.3 Å². The van der Waals surface area contributed by atoms with Gasteiger partial charge in [-0.2, -0.15) is 5.10 Å². The summed E-state index contributed by atoms with van der Waals surface area (Å²) in [4.78, 5) is 4.11. The third-order valence-corrected chi connectivity index (χ3v) is 3.63. The average molecular weight is 307 g/mol. The number of para-hydroxylation sites is 1. The van der Waals surface area contributed by atoms with E-state index >= 15 is 0 Å². The lowest BCUT2D eigenvalue weighted by Crippen LogP contribution is -2.15. The topological polar surface area (TPSA) is 68.8 Å². The van der Waals surface area contributed by atoms with Gasteiger partial charge in [0.1, 0.15) is 5.82 Å². The van der Waals surface area contributed by atoms with E-state index in [-0.39, 0.29) is 0 Å². The second kappa shape index (κ2) is 7.56. The van der Waals surface area contributed by atoms with Gasteiger partial charge in [-0.25, -0.2) is 4.68 Å². The molecule has 0 spiro atoms. The van der Waals surface area contributed by atoms with Crippen LogP contribution in [-0.4, -0.2) is 21.3 Å². The van der Waals surface area contributed by atoms with E-state index in [0.717, 1.165) is 37.3 Å². The van der Waals surface area contributed by atoms with Gasteiger partial charge in [-0.05, 0) is 43.1 Å². The van der Waals surface area contributed by atoms with Crippen molar-refractivity contribution in [1.29, 1.82) is 0 Å². The fraction of sp³-hybridized carbons (Fsp3) is 0.222. The number of nitrogens with two attached hydrogens (primary N) is 1. The summed E-state index contributed by atoms with van der Waals surface area (Å²) in [5.41, 5.74) is 9.27. The molecule has 0 aliphatic heterocycles. The maximum Gasteiger partial charge on any atom is 0.127 e. The molecule has 0 atom stereocenters. The molecule has 3 N–H and O–H groups in total. The number of aryl methyl sites for hydroxylation is 1. The van der Waals surface area contributed by atoms with Gasteiger partial charge in [0.25, 0.3) is 0 Å². The second-order valence-corrected chi connectivity index (χ2v) is 5.45. The van der Waals surface area contributed by atoms with Crippen LogP contribution < -0.4 is 11.1 Å². The number of benzene rings is 1. The number of pyridine rings is 1. The van der Waals surface area contributed by atoms with Crippen LogP contribution in [0.4, 0.5) is 5.82 Å². The van der Waals surface area contributed by atoms with Crippen LogP contribution in [0.25, 0.3) is 5.69 Å². The lowest BCUT2D eigenvalue weighted by molar-refractivity contribution is 0.641. The van der Waals surface area contributed by atoms with Gasteiger partial charge in [-0.1, -0.05) is 24.3 Å². The standard InChI is InChI=1S/C18H21N5/c19-18-12-16(22-23(18)17-8-2-1-3-9-17)7-5-11-21-14-15-6-4-10-20-13-15/h1-4,6,8-10,12-13,21H,5,7,11,14,19H2. The van der Waals surface area contributed by atoms with Crippen molar-refractivity contribution < 1.29 is 0 Å². The predicted molar refractivity (Wildman–Crippen MR) is 92.2 cm³/mol. The van der Waals surface area contributed by atoms with Gasteiger partial charge in [0.15, 0.2) is 0 Å². The summed E-state index contributed by atoms with van der Waals surface area (Å²) < 4.78 is 1.79. The molecule has 0 aliphatic rings. The minimum Gasteiger partial charge on any atom is -0.384 e. The van der Waals surface area contributed by atoms with Gasteiger partial charge < -0.3 is 11.1 Å². The molecule has 5 heteroatoms. The third kappa shape index (κ3) is 4.17. The average Bonchev–Trinajstić information content (AvgIpc) is 2.97. The Labute approximate surface area is 136 Å². The van der Waals surface area contributed by atoms with Crippen LogP contribution in [0.1, 0.15) is 17.7 Å². The maximum atomic E-state index is 6.06. The van der Waals surface area contributed by atoms with E-state index in [1.807, 2.05) is 48.7 Å². The Kier molecular flexibility index (Phi) is 5.01. The molecule has 0 saturated heterocycles. The van der Waals surface area contributed by atoms with Crippen LogP contribution in [-0.2, 0) is 13.0 Å². The summed E-state index contributed by atoms with van der Waals surface area (Å²) in [6.07, 6.45) is 5.60. The van der Waals surface area contributed by atoms with E-state index in [9.17, 15) is 0 Å². The highest BCUT2D eigenvalue weighted by molar-refractivity contribution is 5.42. The van der Waals surface area contributed by atoms with Crippen molar-refractivity contribution >= 4 is 5.82 Å². The zero-order valence-electron chi connectivity index (χ0n) is 13.0. The Balaban J connectivity index is 1.48. The van der Waals surface area contributed by atoms with Gasteiger partial charge in [-0.15, -0.1) is 0 Å². The lowest BCUT2D eigenvalue weighted by atomic mass is 10.2. The summed E-state index contributed by atoms with van der Waals surface area (Å²) in [5, 5.41) is 8.01. The van der Waals surface area contributed by atoms with Crippen molar-refractivity contribution in [2.45, 2.75) is 19.4 Å². The molecule has 0 saturated carbocycles. The fourth-order valence-electron chi connectivity index (χ4n) is 2.47. The Morgan fingerprint density at radius 1 is 1.09 bits per heavy atom. The molecule has 2 aromatic heterocycles. The summed E-state index contributed by atoms with van der Waals surface area (Å²) in [7, 11) is 0. The van der Waals surface area contributed by atoms with Crippen molar-refractivity contribution in [3.63, 3.8) is 0 Å². The minimum atomic E-state index is 0.675. The van der Waals surface area contributed by atoms with E-state index in [1.165, 1.54) is 5.56 Å². The molecule has 0 amide bonds. The smallest absolute Gasteiger partial charge is 0.127 e. The van der Waals surface area contributed by atoms with Crippen LogP contribution in [0.3, 0.4) is 0 Å². The first kappa shape index (κ1) is 15.2. The van der Waals surface area contributed by atoms with Crippen LogP contribution in [0.5, 0.6) is 0 Å². The molecule has 0 aliphatic carbocycles. The first-order valence-electron chi connectivity index (χ1n) is 7.82. The molecule has 1 aromatic carbocycles. The van der Waals surface area contributed by atoms with Crippen molar-refractivity contribution in [3.05, 3.63) is 72.2 Å². The molecule has 5 nitrogen and oxygen atoms in total. The molecule has 0 fully saturated rings. The minimum absolute atomic E-state index is 0.675. The zero-order valence-corrected chi connectivity index (χ0v) is 13.0. The van der Waals surface area contributed by atoms with E-state index in [4.69, 9.17) is 5.73 Å². The molecule has 2 heterocycles. The molecule has 0 radical (unpaired) electrons. The highest BCUT2D eigenvalue weighted by atomic mass is 15.3. The van der Waals surface area contributed by atoms with Crippen molar-refractivity contribution in [3.8, 4) is 5.69 Å². The number of anilines is 1. The number of aromatic nitrogens is 3. The Bertz CT molecular complexity index is 722. The van der Waals surface area contributed by atoms with Crippen molar-refractivity contribution in [1.82, 2.24) is 20.1 Å². The molecule has 118 valence electrons. The van der Waals surface area contributed by atoms with E-state index < -0.39 is 0 Å². The second-order valence-electron chi connectivity index (χ2n) is 5.45. The summed E-state index contributed by atoms with van der Waals surface area (Å²) in [5.74, 6) is 0.675. The Morgan fingerprint density at radius 2 is 1.96 bits per heavy atom. The number of nitrogens with one attached hydrogen (secondary N) is 1. The molecule has 0 bridgehead atoms. The summed E-state index contributed by atoms with van der Waals surface area (Å²) in [6.45, 7) is 1.78. The lowest BCUT2D eigenvalue weighted by Gasteiger charge is -2.04. The SMILES string of the molecule is Nc1cc(CCCNCc2cccnc2)nn1-c1ccccc1. The third-order valence-electron chi connectivity index (χ3n) is 3.63. The monoisotopic (exact) mass is 307 g/mol. The number of rotatable bonds is 7. The summed E-state index contributed by atoms with van der Waals surface area (Å²) in [6, 6.07) is 15.9. The van der Waals surface area contributed by atoms with Crippen molar-refractivity contribution in [2.24, 2.45) is 0 Å². The largest absolute Gasteiger partial charge is 0.384 e. The Morgan fingerprint density at radius 3 is 2.74 bits per heavy atom. The normalized spacial score (nSPS) is 10.8. The maximum absolute atomic E-state index is 6.06. The highest BCUT2D eigenvalue weighted by Crippen LogP contribution is 2.14. The van der Waals surface area contributed by atoms with Gasteiger partial charge in [-0.3, -0.25) is 4.98 Å². The van der Waals surface area contributed by atoms with Crippen LogP contribution in [0, 0.1) is 0 Å². The number of hydrogen-bond acceptors (Lipinski definition) is 4. The highest BCUT2D eigenvalue weighted by Gasteiger charge is 2.06. The predicted octanol–water partition coefficient (Wildman–Crippen LogP) is 2.57. The van der Waals surface area contributed by atoms with Gasteiger partial charge in [0.05, 0.1) is 11.4 Å². The van der Waals surface area contributed by atoms with Crippen LogP contribution in [0.2, 0.25) is 0 Å². The fourth-order valence-corrected chi connectivity index (χ4v) is 2.47. The number of nitrogens with zero attached hydrogens (tertiary/aromatic N) is 3. The first-order valence-corrected chi connectivity index (χ1v) is 7.82. The first-order chi connectivity index (χ1) is 11.3. The van der Waals surface area contributed by atoms with Crippen LogP contribution >= 0.6 is 0 Å². The molecule has 0 unspecified atom stereocenters. The number of nitrogen functional groups attached to an aromatic ring is 1. The molecule has 23 heavy (non-hydrogen) atoms. The van der Waals surface area contributed by atoms with E-state index in [1.54, 1.807) is 10.9 Å². The van der Waals surface area contributed by atoms with Gasteiger partial charge >= 0.3 is 0 Å². The zero-order chi connectivity index (χ0) is 15.9. The van der Waals surface area contributed by atoms with E-state index in [0.29, 0.717) is 5.82 Å². The van der Waals surface area contributed by atoms with Crippen LogP contribution in [0.15, 0.2) is 60.9 Å². The number of hydrogen-bond donors (Lipinski definition) is 2. The molecule has 3 aromatic rings. The Hall–Kier alpha value is -2.66. The molecule has 3 rings (SSSR count). The van der Waals surface area contributed by atoms with Gasteiger partial charge in [0, 0.05) is 25.0 Å². The van der Waals surface area contributed by atoms with Gasteiger partial charge in [0.2, 0.25) is 0 Å². The van der Waals surface area contributed by atoms with E-state index in [2.05, 4.69) is 21.5 Å². The molecular weight excluding hydrogens is 286 g/mol.